The first-order chi connectivity index (χ1) is 27.8. The minimum atomic E-state index is -0.0711. The zero-order chi connectivity index (χ0) is 38.2. The largest absolute Gasteiger partial charge is 0.308 e. The van der Waals surface area contributed by atoms with Crippen LogP contribution in [0, 0.1) is 0 Å². The highest BCUT2D eigenvalue weighted by atomic mass is 15.0. The Hall–Kier alpha value is -6.70. The second kappa shape index (κ2) is 11.4. The summed E-state index contributed by atoms with van der Waals surface area (Å²) in [4.78, 5) is 0. The van der Waals surface area contributed by atoms with Gasteiger partial charge >= 0.3 is 0 Å². The van der Waals surface area contributed by atoms with Crippen LogP contribution in [-0.4, -0.2) is 4.57 Å². The Kier molecular flexibility index (Phi) is 6.53. The maximum Gasteiger partial charge on any atom is 0.0619 e. The number of hydrogen-bond acceptors (Lipinski definition) is 0. The highest BCUT2D eigenvalue weighted by Crippen LogP contribution is 2.53. The zero-order valence-corrected chi connectivity index (χ0v) is 32.7. The van der Waals surface area contributed by atoms with E-state index in [0.717, 1.165) is 0 Å². The van der Waals surface area contributed by atoms with Crippen LogP contribution in [0.4, 0.5) is 0 Å². The summed E-state index contributed by atoms with van der Waals surface area (Å²) in [6, 6.07) is 66.4. The van der Waals surface area contributed by atoms with E-state index in [1.165, 1.54) is 116 Å². The lowest BCUT2D eigenvalue weighted by Crippen LogP contribution is -2.14. The molecule has 2 aliphatic rings. The van der Waals surface area contributed by atoms with Gasteiger partial charge in [-0.3, -0.25) is 0 Å². The summed E-state index contributed by atoms with van der Waals surface area (Å²) in [6.45, 7) is 9.48. The maximum atomic E-state index is 2.52. The lowest BCUT2D eigenvalue weighted by molar-refractivity contribution is 0.660. The van der Waals surface area contributed by atoms with Gasteiger partial charge in [0.1, 0.15) is 0 Å². The number of hydrogen-bond donors (Lipinski definition) is 0. The van der Waals surface area contributed by atoms with E-state index in [1.54, 1.807) is 0 Å². The fourth-order valence-corrected chi connectivity index (χ4v) is 10.8. The van der Waals surface area contributed by atoms with Gasteiger partial charge in [-0.1, -0.05) is 173 Å². The van der Waals surface area contributed by atoms with Crippen molar-refractivity contribution in [2.45, 2.75) is 38.5 Å². The van der Waals surface area contributed by atoms with Crippen molar-refractivity contribution in [1.29, 1.82) is 0 Å². The Morgan fingerprint density at radius 2 is 0.789 bits per heavy atom. The standard InChI is InChI=1S/C56H41N/c1-55(2)48-22-12-8-16-38(48)45-32-36(27-30-49(45)55)53-42-19-5-6-20-43(42)54(57-51-23-13-9-17-40(51)41-18-10-14-24-52(41)57)44-29-26-34(31-46(44)53)35-25-28-39-37-15-7-11-21-47(37)56(3,4)50(39)33-35/h5-33H,1-4H3. The molecule has 2 aliphatic carbocycles. The predicted molar refractivity (Wildman–Crippen MR) is 242 cm³/mol. The fourth-order valence-electron chi connectivity index (χ4n) is 10.8. The molecule has 0 saturated heterocycles. The van der Waals surface area contributed by atoms with Crippen molar-refractivity contribution in [2.24, 2.45) is 0 Å². The van der Waals surface area contributed by atoms with Crippen molar-refractivity contribution in [2.75, 3.05) is 0 Å². The number of benzene rings is 9. The van der Waals surface area contributed by atoms with Crippen LogP contribution in [-0.2, 0) is 10.8 Å². The van der Waals surface area contributed by atoms with E-state index >= 15 is 0 Å². The molecule has 1 heterocycles. The average Bonchev–Trinajstić information content (AvgIpc) is 3.79. The van der Waals surface area contributed by atoms with Gasteiger partial charge in [-0.2, -0.15) is 0 Å². The molecule has 1 nitrogen and oxygen atoms in total. The topological polar surface area (TPSA) is 4.93 Å². The highest BCUT2D eigenvalue weighted by molar-refractivity contribution is 6.21. The molecule has 1 aromatic heterocycles. The summed E-state index contributed by atoms with van der Waals surface area (Å²) >= 11 is 0. The molecule has 9 aromatic carbocycles. The van der Waals surface area contributed by atoms with Gasteiger partial charge < -0.3 is 4.57 Å². The Morgan fingerprint density at radius 3 is 1.49 bits per heavy atom. The van der Waals surface area contributed by atoms with E-state index in [0.29, 0.717) is 0 Å². The van der Waals surface area contributed by atoms with Gasteiger partial charge in [0.25, 0.3) is 0 Å². The van der Waals surface area contributed by atoms with Crippen LogP contribution in [0.3, 0.4) is 0 Å². The van der Waals surface area contributed by atoms with E-state index in [4.69, 9.17) is 0 Å². The molecule has 10 aromatic rings. The van der Waals surface area contributed by atoms with Crippen molar-refractivity contribution in [3.05, 3.63) is 198 Å². The van der Waals surface area contributed by atoms with Crippen LogP contribution in [0.5, 0.6) is 0 Å². The number of rotatable bonds is 3. The molecule has 0 N–H and O–H groups in total. The Bertz CT molecular complexity index is 3300. The first-order valence-electron chi connectivity index (χ1n) is 20.3. The van der Waals surface area contributed by atoms with Crippen molar-refractivity contribution >= 4 is 43.4 Å². The van der Waals surface area contributed by atoms with Gasteiger partial charge in [-0.05, 0) is 108 Å². The van der Waals surface area contributed by atoms with Crippen LogP contribution < -0.4 is 0 Å². The molecular weight excluding hydrogens is 687 g/mol. The number of para-hydroxylation sites is 2. The molecule has 0 amide bonds. The van der Waals surface area contributed by atoms with Crippen LogP contribution >= 0.6 is 0 Å². The van der Waals surface area contributed by atoms with Crippen molar-refractivity contribution in [3.8, 4) is 50.2 Å². The lowest BCUT2D eigenvalue weighted by Gasteiger charge is -2.23. The van der Waals surface area contributed by atoms with E-state index in [2.05, 4.69) is 208 Å². The number of nitrogens with zero attached hydrogens (tertiary/aromatic N) is 1. The van der Waals surface area contributed by atoms with Crippen LogP contribution in [0.15, 0.2) is 176 Å². The second-order valence-corrected chi connectivity index (χ2v) is 17.3. The molecule has 0 spiro atoms. The Morgan fingerprint density at radius 1 is 0.316 bits per heavy atom. The van der Waals surface area contributed by atoms with Gasteiger partial charge in [-0.15, -0.1) is 0 Å². The summed E-state index contributed by atoms with van der Waals surface area (Å²) in [6.07, 6.45) is 0. The quantitative estimate of drug-likeness (QED) is 0.160. The van der Waals surface area contributed by atoms with E-state index < -0.39 is 0 Å². The summed E-state index contributed by atoms with van der Waals surface area (Å²) in [5.74, 6) is 0. The van der Waals surface area contributed by atoms with Crippen LogP contribution in [0.1, 0.15) is 49.9 Å². The van der Waals surface area contributed by atoms with Crippen LogP contribution in [0.2, 0.25) is 0 Å². The first-order valence-corrected chi connectivity index (χ1v) is 20.3. The second-order valence-electron chi connectivity index (χ2n) is 17.3. The fraction of sp³-hybridized carbons (Fsp3) is 0.107. The number of aromatic nitrogens is 1. The number of fused-ring (bicyclic) bond motifs is 11. The molecule has 0 radical (unpaired) electrons. The molecule has 270 valence electrons. The highest BCUT2D eigenvalue weighted by Gasteiger charge is 2.37. The third kappa shape index (κ3) is 4.35. The summed E-state index contributed by atoms with van der Waals surface area (Å²) in [5.41, 5.74) is 19.5. The van der Waals surface area contributed by atoms with Gasteiger partial charge in [0.05, 0.1) is 16.7 Å². The molecule has 1 heteroatoms. The van der Waals surface area contributed by atoms with Gasteiger partial charge in [0, 0.05) is 32.4 Å². The van der Waals surface area contributed by atoms with E-state index in [1.807, 2.05) is 0 Å². The summed E-state index contributed by atoms with van der Waals surface area (Å²) < 4.78 is 2.52. The molecule has 0 fully saturated rings. The summed E-state index contributed by atoms with van der Waals surface area (Å²) in [5, 5.41) is 7.55. The molecule has 0 aliphatic heterocycles. The average molecular weight is 728 g/mol. The molecular formula is C56H41N. The molecule has 0 atom stereocenters. The smallest absolute Gasteiger partial charge is 0.0619 e. The van der Waals surface area contributed by atoms with Crippen molar-refractivity contribution in [3.63, 3.8) is 0 Å². The predicted octanol–water partition coefficient (Wildman–Crippen LogP) is 15.0. The Labute approximate surface area is 333 Å². The molecule has 0 saturated carbocycles. The van der Waals surface area contributed by atoms with Gasteiger partial charge in [0.2, 0.25) is 0 Å². The maximum absolute atomic E-state index is 2.52. The summed E-state index contributed by atoms with van der Waals surface area (Å²) in [7, 11) is 0. The molecule has 0 bridgehead atoms. The zero-order valence-electron chi connectivity index (χ0n) is 32.7. The van der Waals surface area contributed by atoms with Gasteiger partial charge in [0.15, 0.2) is 0 Å². The molecule has 57 heavy (non-hydrogen) atoms. The van der Waals surface area contributed by atoms with E-state index in [-0.39, 0.29) is 10.8 Å². The third-order valence-electron chi connectivity index (χ3n) is 13.6. The van der Waals surface area contributed by atoms with Crippen molar-refractivity contribution < 1.29 is 0 Å². The van der Waals surface area contributed by atoms with Crippen LogP contribution in [0.25, 0.3) is 93.5 Å². The van der Waals surface area contributed by atoms with Gasteiger partial charge in [-0.25, -0.2) is 0 Å². The Balaban J connectivity index is 1.18. The molecule has 0 unspecified atom stereocenters. The molecule has 12 rings (SSSR count). The normalized spacial score (nSPS) is 14.6. The van der Waals surface area contributed by atoms with E-state index in [9.17, 15) is 0 Å². The minimum absolute atomic E-state index is 0.0524. The first kappa shape index (κ1) is 32.5. The minimum Gasteiger partial charge on any atom is -0.308 e. The lowest BCUT2D eigenvalue weighted by atomic mass is 9.81. The third-order valence-corrected chi connectivity index (χ3v) is 13.6. The SMILES string of the molecule is CC1(C)c2ccccc2-c2cc(-c3c4ccccc4c(-n4c5ccccc5c5ccccc54)c4ccc(-c5ccc6c(c5)C(C)(C)c5ccccc5-6)cc34)ccc21. The monoisotopic (exact) mass is 727 g/mol. The van der Waals surface area contributed by atoms with Crippen molar-refractivity contribution in [1.82, 2.24) is 4.57 Å².